The van der Waals surface area contributed by atoms with Crippen LogP contribution in [0.4, 0.5) is 0 Å². The Hall–Kier alpha value is -0.820. The molecule has 4 N–H and O–H groups in total. The van der Waals surface area contributed by atoms with Gasteiger partial charge in [-0.3, -0.25) is 10.4 Å². The zero-order chi connectivity index (χ0) is 11.2. The molecule has 14 heavy (non-hydrogen) atoms. The summed E-state index contributed by atoms with van der Waals surface area (Å²) >= 11 is 0. The molecule has 0 bridgehead atoms. The quantitative estimate of drug-likeness (QED) is 0.241. The normalized spacial score (nSPS) is 13.1. The van der Waals surface area contributed by atoms with Gasteiger partial charge < -0.3 is 5.32 Å². The Morgan fingerprint density at radius 2 is 2.07 bits per heavy atom. The summed E-state index contributed by atoms with van der Waals surface area (Å²) in [6.45, 7) is 4.07. The van der Waals surface area contributed by atoms with Crippen LogP contribution in [0.1, 0.15) is 13.8 Å². The molecule has 84 valence electrons. The molecule has 7 heteroatoms. The van der Waals surface area contributed by atoms with E-state index < -0.39 is 9.84 Å². The van der Waals surface area contributed by atoms with Crippen LogP contribution in [0.5, 0.6) is 0 Å². The standard InChI is InChI=1S/C7H18N4O2S/c1-6(2)10-7(11-8)9-4-5-14(3,12)13/h6H,4-5,8H2,1-3H3,(H2,9,10,11). The number of sulfone groups is 1. The molecule has 0 atom stereocenters. The predicted octanol–water partition coefficient (Wildman–Crippen LogP) is -1.15. The topological polar surface area (TPSA) is 96.6 Å². The van der Waals surface area contributed by atoms with E-state index >= 15 is 0 Å². The molecule has 0 fully saturated rings. The second kappa shape index (κ2) is 5.82. The van der Waals surface area contributed by atoms with Gasteiger partial charge in [-0.1, -0.05) is 0 Å². The zero-order valence-electron chi connectivity index (χ0n) is 8.74. The molecule has 0 aliphatic heterocycles. The summed E-state index contributed by atoms with van der Waals surface area (Å²) in [6, 6.07) is 0.197. The molecule has 0 saturated carbocycles. The van der Waals surface area contributed by atoms with Crippen LogP contribution in [-0.2, 0) is 9.84 Å². The fourth-order valence-electron chi connectivity index (χ4n) is 0.730. The van der Waals surface area contributed by atoms with Crippen LogP contribution in [-0.4, -0.2) is 39.0 Å². The molecule has 0 radical (unpaired) electrons. The highest BCUT2D eigenvalue weighted by Gasteiger charge is 2.02. The molecule has 0 aromatic heterocycles. The van der Waals surface area contributed by atoms with Gasteiger partial charge in [0.1, 0.15) is 9.84 Å². The lowest BCUT2D eigenvalue weighted by Gasteiger charge is -2.11. The number of guanidine groups is 1. The van der Waals surface area contributed by atoms with Crippen molar-refractivity contribution in [3.8, 4) is 0 Å². The van der Waals surface area contributed by atoms with Gasteiger partial charge in [0, 0.05) is 12.3 Å². The number of hydrogen-bond acceptors (Lipinski definition) is 4. The molecule has 0 spiro atoms. The number of rotatable bonds is 4. The third-order valence-electron chi connectivity index (χ3n) is 1.29. The Bertz CT molecular complexity index is 284. The van der Waals surface area contributed by atoms with Crippen LogP contribution >= 0.6 is 0 Å². The third-order valence-corrected chi connectivity index (χ3v) is 2.22. The zero-order valence-corrected chi connectivity index (χ0v) is 9.56. The van der Waals surface area contributed by atoms with Gasteiger partial charge in [0.25, 0.3) is 0 Å². The molecule has 0 unspecified atom stereocenters. The molecule has 0 heterocycles. The second-order valence-electron chi connectivity index (χ2n) is 3.30. The van der Waals surface area contributed by atoms with E-state index in [0.29, 0.717) is 5.96 Å². The maximum atomic E-state index is 10.8. The van der Waals surface area contributed by atoms with Crippen LogP contribution < -0.4 is 16.6 Å². The average molecular weight is 222 g/mol. The molecule has 0 saturated heterocycles. The maximum Gasteiger partial charge on any atom is 0.205 e. The Morgan fingerprint density at radius 1 is 1.50 bits per heavy atom. The molecule has 0 aliphatic carbocycles. The first-order valence-corrected chi connectivity index (χ1v) is 6.36. The third kappa shape index (κ3) is 7.81. The number of nitrogens with zero attached hydrogens (tertiary/aromatic N) is 1. The van der Waals surface area contributed by atoms with Gasteiger partial charge in [0.05, 0.1) is 12.3 Å². The first kappa shape index (κ1) is 13.2. The highest BCUT2D eigenvalue weighted by molar-refractivity contribution is 7.90. The van der Waals surface area contributed by atoms with Crippen molar-refractivity contribution in [2.45, 2.75) is 19.9 Å². The summed E-state index contributed by atoms with van der Waals surface area (Å²) in [5.74, 6) is 5.61. The highest BCUT2D eigenvalue weighted by atomic mass is 32.2. The van der Waals surface area contributed by atoms with Crippen molar-refractivity contribution in [1.82, 2.24) is 10.7 Å². The number of nitrogens with two attached hydrogens (primary N) is 1. The van der Waals surface area contributed by atoms with Crippen LogP contribution in [0.25, 0.3) is 0 Å². The van der Waals surface area contributed by atoms with E-state index in [1.807, 2.05) is 13.8 Å². The Morgan fingerprint density at radius 3 is 2.43 bits per heavy atom. The highest BCUT2D eigenvalue weighted by Crippen LogP contribution is 1.84. The van der Waals surface area contributed by atoms with E-state index in [-0.39, 0.29) is 18.3 Å². The molecule has 0 amide bonds. The molecule has 0 aromatic rings. The lowest BCUT2D eigenvalue weighted by atomic mass is 10.4. The predicted molar refractivity (Wildman–Crippen MR) is 57.6 cm³/mol. The summed E-state index contributed by atoms with van der Waals surface area (Å²) in [7, 11) is -2.96. The largest absolute Gasteiger partial charge is 0.353 e. The SMILES string of the molecule is CC(C)NC(=NCCS(C)(=O)=O)NN. The van der Waals surface area contributed by atoms with Crippen molar-refractivity contribution < 1.29 is 8.42 Å². The number of hydrogen-bond donors (Lipinski definition) is 3. The smallest absolute Gasteiger partial charge is 0.205 e. The summed E-state index contributed by atoms with van der Waals surface area (Å²) in [5, 5.41) is 2.93. The van der Waals surface area contributed by atoms with Crippen molar-refractivity contribution in [3.05, 3.63) is 0 Å². The monoisotopic (exact) mass is 222 g/mol. The number of aliphatic imine (C=N–C) groups is 1. The van der Waals surface area contributed by atoms with Crippen molar-refractivity contribution in [2.24, 2.45) is 10.8 Å². The summed E-state index contributed by atoms with van der Waals surface area (Å²) in [5.41, 5.74) is 2.36. The minimum atomic E-state index is -2.96. The summed E-state index contributed by atoms with van der Waals surface area (Å²) in [4.78, 5) is 3.96. The van der Waals surface area contributed by atoms with Crippen molar-refractivity contribution in [2.75, 3.05) is 18.6 Å². The minimum Gasteiger partial charge on any atom is -0.353 e. The van der Waals surface area contributed by atoms with Crippen LogP contribution in [0.15, 0.2) is 4.99 Å². The van der Waals surface area contributed by atoms with Gasteiger partial charge in [0.2, 0.25) is 5.96 Å². The fraction of sp³-hybridized carbons (Fsp3) is 0.857. The first-order valence-electron chi connectivity index (χ1n) is 4.30. The lowest BCUT2D eigenvalue weighted by Crippen LogP contribution is -2.44. The minimum absolute atomic E-state index is 0.0257. The number of hydrazine groups is 1. The fourth-order valence-corrected chi connectivity index (χ4v) is 1.15. The van der Waals surface area contributed by atoms with E-state index in [2.05, 4.69) is 15.7 Å². The molecule has 6 nitrogen and oxygen atoms in total. The van der Waals surface area contributed by atoms with Crippen molar-refractivity contribution >= 4 is 15.8 Å². The van der Waals surface area contributed by atoms with Gasteiger partial charge in [-0.25, -0.2) is 14.3 Å². The molecule has 0 aromatic carbocycles. The van der Waals surface area contributed by atoms with E-state index in [4.69, 9.17) is 5.84 Å². The van der Waals surface area contributed by atoms with Crippen LogP contribution in [0.3, 0.4) is 0 Å². The van der Waals surface area contributed by atoms with Crippen LogP contribution in [0, 0.1) is 0 Å². The van der Waals surface area contributed by atoms with Crippen molar-refractivity contribution in [3.63, 3.8) is 0 Å². The lowest BCUT2D eigenvalue weighted by molar-refractivity contribution is 0.601. The van der Waals surface area contributed by atoms with Crippen molar-refractivity contribution in [1.29, 1.82) is 0 Å². The van der Waals surface area contributed by atoms with Gasteiger partial charge >= 0.3 is 0 Å². The van der Waals surface area contributed by atoms with Gasteiger partial charge in [-0.05, 0) is 13.8 Å². The molecular formula is C7H18N4O2S. The van der Waals surface area contributed by atoms with Gasteiger partial charge in [0.15, 0.2) is 0 Å². The van der Waals surface area contributed by atoms with Gasteiger partial charge in [-0.2, -0.15) is 0 Å². The Kier molecular flexibility index (Phi) is 5.47. The van der Waals surface area contributed by atoms with E-state index in [1.54, 1.807) is 0 Å². The molecule has 0 aliphatic rings. The average Bonchev–Trinajstić information content (AvgIpc) is 1.99. The first-order chi connectivity index (χ1) is 6.35. The van der Waals surface area contributed by atoms with E-state index in [1.165, 1.54) is 6.26 Å². The van der Waals surface area contributed by atoms with Crippen LogP contribution in [0.2, 0.25) is 0 Å². The summed E-state index contributed by atoms with van der Waals surface area (Å²) in [6.07, 6.45) is 1.17. The Balaban J connectivity index is 4.06. The Labute approximate surface area is 84.9 Å². The van der Waals surface area contributed by atoms with E-state index in [0.717, 1.165) is 0 Å². The number of nitrogens with one attached hydrogen (secondary N) is 2. The van der Waals surface area contributed by atoms with Gasteiger partial charge in [-0.15, -0.1) is 0 Å². The second-order valence-corrected chi connectivity index (χ2v) is 5.56. The molecular weight excluding hydrogens is 204 g/mol. The van der Waals surface area contributed by atoms with E-state index in [9.17, 15) is 8.42 Å². The molecule has 0 rings (SSSR count). The maximum absolute atomic E-state index is 10.8. The summed E-state index contributed by atoms with van der Waals surface area (Å²) < 4.78 is 21.6.